The highest BCUT2D eigenvalue weighted by Crippen LogP contribution is 2.27. The predicted molar refractivity (Wildman–Crippen MR) is 95.7 cm³/mol. The Labute approximate surface area is 147 Å². The summed E-state index contributed by atoms with van der Waals surface area (Å²) < 4.78 is 0. The molecule has 0 bridgehead atoms. The molecule has 24 heavy (non-hydrogen) atoms. The molecule has 0 N–H and O–H groups in total. The first-order valence-electron chi connectivity index (χ1n) is 8.35. The first kappa shape index (κ1) is 17.0. The van der Waals surface area contributed by atoms with Crippen LogP contribution in [0.4, 0.5) is 0 Å². The van der Waals surface area contributed by atoms with E-state index in [0.29, 0.717) is 5.92 Å². The minimum atomic E-state index is -0.307. The van der Waals surface area contributed by atoms with Gasteiger partial charge < -0.3 is 4.90 Å². The van der Waals surface area contributed by atoms with Crippen LogP contribution in [0.3, 0.4) is 0 Å². The average molecular weight is 344 g/mol. The number of rotatable bonds is 3. The number of carbonyl (C=O) groups is 1. The van der Waals surface area contributed by atoms with Crippen LogP contribution >= 0.6 is 11.3 Å². The number of hydrogen-bond acceptors (Lipinski definition) is 5. The molecule has 0 radical (unpaired) electrons. The van der Waals surface area contributed by atoms with Gasteiger partial charge in [0.25, 0.3) is 0 Å². The van der Waals surface area contributed by atoms with Crippen LogP contribution in [0, 0.1) is 18.3 Å². The lowest BCUT2D eigenvalue weighted by atomic mass is 9.95. The normalized spacial score (nSPS) is 18.2. The van der Waals surface area contributed by atoms with Crippen molar-refractivity contribution in [2.45, 2.75) is 40.5 Å². The van der Waals surface area contributed by atoms with Crippen molar-refractivity contribution < 1.29 is 4.79 Å². The van der Waals surface area contributed by atoms with E-state index in [0.717, 1.165) is 47.9 Å². The molecule has 3 rings (SSSR count). The Kier molecular flexibility index (Phi) is 4.67. The van der Waals surface area contributed by atoms with Crippen molar-refractivity contribution in [3.05, 3.63) is 29.3 Å². The molecule has 1 amide bonds. The largest absolute Gasteiger partial charge is 0.342 e. The number of aromatic nitrogens is 3. The maximum Gasteiger partial charge on any atom is 0.227 e. The lowest BCUT2D eigenvalue weighted by Gasteiger charge is -2.25. The zero-order valence-corrected chi connectivity index (χ0v) is 15.6. The zero-order valence-electron chi connectivity index (χ0n) is 14.7. The Morgan fingerprint density at radius 1 is 1.38 bits per heavy atom. The standard InChI is InChI=1S/C18H24N4OS/c1-12-16(24-11-20-12)15-9-19-8-14(21-15)7-13-5-6-22(10-13)17(23)18(2,3)4/h8-9,11,13H,5-7,10H2,1-4H3/t13-/m1/s1. The molecule has 1 aliphatic heterocycles. The fourth-order valence-corrected chi connectivity index (χ4v) is 3.87. The maximum atomic E-state index is 12.4. The molecule has 1 fully saturated rings. The Bertz CT molecular complexity index is 735. The number of likely N-dealkylation sites (tertiary alicyclic amines) is 1. The minimum Gasteiger partial charge on any atom is -0.342 e. The zero-order chi connectivity index (χ0) is 17.3. The molecule has 1 atom stereocenters. The Hall–Kier alpha value is -1.82. The Balaban J connectivity index is 1.68. The summed E-state index contributed by atoms with van der Waals surface area (Å²) >= 11 is 1.59. The fourth-order valence-electron chi connectivity index (χ4n) is 3.12. The van der Waals surface area contributed by atoms with Gasteiger partial charge in [-0.2, -0.15) is 0 Å². The second-order valence-electron chi connectivity index (χ2n) is 7.52. The summed E-state index contributed by atoms with van der Waals surface area (Å²) in [4.78, 5) is 28.9. The number of carbonyl (C=O) groups excluding carboxylic acids is 1. The van der Waals surface area contributed by atoms with E-state index in [1.54, 1.807) is 17.5 Å². The van der Waals surface area contributed by atoms with Crippen LogP contribution in [0.15, 0.2) is 17.9 Å². The highest BCUT2D eigenvalue weighted by atomic mass is 32.1. The van der Waals surface area contributed by atoms with E-state index in [1.807, 2.05) is 44.3 Å². The molecule has 5 nitrogen and oxygen atoms in total. The molecule has 0 saturated carbocycles. The van der Waals surface area contributed by atoms with Crippen molar-refractivity contribution in [2.24, 2.45) is 11.3 Å². The highest BCUT2D eigenvalue weighted by Gasteiger charge is 2.32. The number of nitrogens with zero attached hydrogens (tertiary/aromatic N) is 4. The van der Waals surface area contributed by atoms with Gasteiger partial charge in [-0.1, -0.05) is 20.8 Å². The van der Waals surface area contributed by atoms with E-state index < -0.39 is 0 Å². The third-order valence-electron chi connectivity index (χ3n) is 4.38. The van der Waals surface area contributed by atoms with Crippen LogP contribution in [0.25, 0.3) is 10.6 Å². The molecule has 2 aromatic heterocycles. The molecule has 0 spiro atoms. The fraction of sp³-hybridized carbons (Fsp3) is 0.556. The van der Waals surface area contributed by atoms with Gasteiger partial charge in [-0.3, -0.25) is 9.78 Å². The van der Waals surface area contributed by atoms with Gasteiger partial charge in [0.05, 0.1) is 28.0 Å². The third-order valence-corrected chi connectivity index (χ3v) is 5.33. The summed E-state index contributed by atoms with van der Waals surface area (Å²) in [7, 11) is 0. The molecule has 2 aromatic rings. The molecule has 6 heteroatoms. The summed E-state index contributed by atoms with van der Waals surface area (Å²) in [6, 6.07) is 0. The molecule has 1 saturated heterocycles. The quantitative estimate of drug-likeness (QED) is 0.857. The van der Waals surface area contributed by atoms with E-state index in [-0.39, 0.29) is 11.3 Å². The van der Waals surface area contributed by atoms with Crippen LogP contribution in [0.5, 0.6) is 0 Å². The Morgan fingerprint density at radius 3 is 2.83 bits per heavy atom. The second kappa shape index (κ2) is 6.59. The summed E-state index contributed by atoms with van der Waals surface area (Å²) in [6.07, 6.45) is 5.54. The van der Waals surface area contributed by atoms with E-state index in [1.165, 1.54) is 0 Å². The predicted octanol–water partition coefficient (Wildman–Crippen LogP) is 3.35. The number of hydrogen-bond donors (Lipinski definition) is 0. The second-order valence-corrected chi connectivity index (χ2v) is 8.38. The molecular weight excluding hydrogens is 320 g/mol. The number of thiazole rings is 1. The van der Waals surface area contributed by atoms with E-state index in [9.17, 15) is 4.79 Å². The molecule has 0 unspecified atom stereocenters. The number of aryl methyl sites for hydroxylation is 1. The van der Waals surface area contributed by atoms with Crippen LogP contribution in [-0.2, 0) is 11.2 Å². The average Bonchev–Trinajstić information content (AvgIpc) is 3.15. The SMILES string of the molecule is Cc1ncsc1-c1cncc(C[C@H]2CCN(C(=O)C(C)(C)C)C2)n1. The Morgan fingerprint density at radius 2 is 2.17 bits per heavy atom. The van der Waals surface area contributed by atoms with Crippen LogP contribution < -0.4 is 0 Å². The highest BCUT2D eigenvalue weighted by molar-refractivity contribution is 7.13. The monoisotopic (exact) mass is 344 g/mol. The molecule has 3 heterocycles. The third kappa shape index (κ3) is 3.64. The van der Waals surface area contributed by atoms with Crippen LogP contribution in [-0.4, -0.2) is 38.8 Å². The van der Waals surface area contributed by atoms with Crippen molar-refractivity contribution in [2.75, 3.05) is 13.1 Å². The topological polar surface area (TPSA) is 59.0 Å². The van der Waals surface area contributed by atoms with E-state index in [2.05, 4.69) is 9.97 Å². The summed E-state index contributed by atoms with van der Waals surface area (Å²) in [6.45, 7) is 9.61. The van der Waals surface area contributed by atoms with Crippen molar-refractivity contribution in [3.8, 4) is 10.6 Å². The van der Waals surface area contributed by atoms with Gasteiger partial charge in [0.2, 0.25) is 5.91 Å². The van der Waals surface area contributed by atoms with Gasteiger partial charge in [-0.25, -0.2) is 9.97 Å². The van der Waals surface area contributed by atoms with Crippen molar-refractivity contribution in [1.29, 1.82) is 0 Å². The lowest BCUT2D eigenvalue weighted by Crippen LogP contribution is -2.38. The first-order valence-corrected chi connectivity index (χ1v) is 9.23. The molecule has 0 aromatic carbocycles. The maximum absolute atomic E-state index is 12.4. The van der Waals surface area contributed by atoms with E-state index >= 15 is 0 Å². The van der Waals surface area contributed by atoms with Crippen molar-refractivity contribution in [1.82, 2.24) is 19.9 Å². The summed E-state index contributed by atoms with van der Waals surface area (Å²) in [5.74, 6) is 0.702. The van der Waals surface area contributed by atoms with Gasteiger partial charge in [0.1, 0.15) is 5.69 Å². The lowest BCUT2D eigenvalue weighted by molar-refractivity contribution is -0.138. The molecule has 0 aliphatic carbocycles. The van der Waals surface area contributed by atoms with Gasteiger partial charge in [-0.05, 0) is 25.7 Å². The molecule has 128 valence electrons. The van der Waals surface area contributed by atoms with Crippen LogP contribution in [0.2, 0.25) is 0 Å². The first-order chi connectivity index (χ1) is 11.3. The molecular formula is C18H24N4OS. The summed E-state index contributed by atoms with van der Waals surface area (Å²) in [5.41, 5.74) is 4.42. The van der Waals surface area contributed by atoms with Crippen molar-refractivity contribution >= 4 is 17.2 Å². The minimum absolute atomic E-state index is 0.241. The van der Waals surface area contributed by atoms with Crippen LogP contribution in [0.1, 0.15) is 38.6 Å². The van der Waals surface area contributed by atoms with Gasteiger partial charge in [0.15, 0.2) is 0 Å². The van der Waals surface area contributed by atoms with Gasteiger partial charge >= 0.3 is 0 Å². The van der Waals surface area contributed by atoms with Crippen molar-refractivity contribution in [3.63, 3.8) is 0 Å². The van der Waals surface area contributed by atoms with Gasteiger partial charge in [0, 0.05) is 24.7 Å². The molecule has 1 aliphatic rings. The van der Waals surface area contributed by atoms with E-state index in [4.69, 9.17) is 4.98 Å². The summed E-state index contributed by atoms with van der Waals surface area (Å²) in [5, 5.41) is 0. The smallest absolute Gasteiger partial charge is 0.227 e. The number of amides is 1. The van der Waals surface area contributed by atoms with Gasteiger partial charge in [-0.15, -0.1) is 11.3 Å².